The van der Waals surface area contributed by atoms with Gasteiger partial charge in [0.05, 0.1) is 7.11 Å². The van der Waals surface area contributed by atoms with E-state index in [-0.39, 0.29) is 5.97 Å². The predicted molar refractivity (Wildman–Crippen MR) is 42.8 cm³/mol. The van der Waals surface area contributed by atoms with Crippen LogP contribution in [-0.4, -0.2) is 26.2 Å². The molecule has 0 heterocycles. The average Bonchev–Trinajstić information content (AvgIpc) is 2.00. The third-order valence-corrected chi connectivity index (χ3v) is 1.08. The smallest absolute Gasteiger partial charge is 0.332 e. The minimum Gasteiger partial charge on any atom is -0.466 e. The summed E-state index contributed by atoms with van der Waals surface area (Å²) in [6, 6.07) is 0. The Hall–Kier alpha value is -1.03. The third-order valence-electron chi connectivity index (χ3n) is 1.08. The molecular weight excluding hydrogens is 144 g/mol. The number of methoxy groups -OCH3 is 1. The van der Waals surface area contributed by atoms with Crippen molar-refractivity contribution in [3.05, 3.63) is 11.8 Å². The normalized spacial score (nSPS) is 11.0. The molecule has 0 spiro atoms. The van der Waals surface area contributed by atoms with E-state index in [4.69, 9.17) is 5.73 Å². The van der Waals surface area contributed by atoms with E-state index >= 15 is 0 Å². The van der Waals surface area contributed by atoms with Gasteiger partial charge in [-0.25, -0.2) is 4.79 Å². The molecular formula is C7H14N2O2. The number of ether oxygens (including phenoxy) is 1. The van der Waals surface area contributed by atoms with Gasteiger partial charge in [-0.05, 0) is 6.92 Å². The van der Waals surface area contributed by atoms with Crippen LogP contribution >= 0.6 is 0 Å². The van der Waals surface area contributed by atoms with Crippen LogP contribution in [0.5, 0.6) is 0 Å². The van der Waals surface area contributed by atoms with Crippen LogP contribution in [0.3, 0.4) is 0 Å². The fourth-order valence-electron chi connectivity index (χ4n) is 0.556. The van der Waals surface area contributed by atoms with Crippen LogP contribution in [0.2, 0.25) is 0 Å². The highest BCUT2D eigenvalue weighted by atomic mass is 16.5. The Balaban J connectivity index is 3.70. The first-order valence-corrected chi connectivity index (χ1v) is 3.41. The quantitative estimate of drug-likeness (QED) is 0.432. The monoisotopic (exact) mass is 158 g/mol. The lowest BCUT2D eigenvalue weighted by Gasteiger charge is -2.02. The Morgan fingerprint density at radius 2 is 2.36 bits per heavy atom. The van der Waals surface area contributed by atoms with Gasteiger partial charge >= 0.3 is 5.97 Å². The van der Waals surface area contributed by atoms with Crippen molar-refractivity contribution in [2.24, 2.45) is 5.73 Å². The molecule has 0 radical (unpaired) electrons. The van der Waals surface area contributed by atoms with E-state index < -0.39 is 0 Å². The molecule has 0 saturated heterocycles. The molecule has 0 aliphatic carbocycles. The second-order valence-corrected chi connectivity index (χ2v) is 2.07. The van der Waals surface area contributed by atoms with Gasteiger partial charge in [0, 0.05) is 24.9 Å². The highest BCUT2D eigenvalue weighted by Gasteiger charge is 1.93. The van der Waals surface area contributed by atoms with Crippen LogP contribution in [-0.2, 0) is 9.53 Å². The molecule has 11 heavy (non-hydrogen) atoms. The summed E-state index contributed by atoms with van der Waals surface area (Å²) >= 11 is 0. The SMILES string of the molecule is COC(=O)/C=C(\C)NCCN. The van der Waals surface area contributed by atoms with Crippen molar-refractivity contribution in [3.8, 4) is 0 Å². The van der Waals surface area contributed by atoms with Crippen LogP contribution in [0.15, 0.2) is 11.8 Å². The first kappa shape index (κ1) is 9.97. The first-order chi connectivity index (χ1) is 5.20. The van der Waals surface area contributed by atoms with Crippen LogP contribution in [0.4, 0.5) is 0 Å². The van der Waals surface area contributed by atoms with E-state index in [1.54, 1.807) is 6.92 Å². The molecule has 0 aliphatic rings. The lowest BCUT2D eigenvalue weighted by Crippen LogP contribution is -2.21. The molecule has 0 aromatic heterocycles. The van der Waals surface area contributed by atoms with E-state index in [1.165, 1.54) is 13.2 Å². The summed E-state index contributed by atoms with van der Waals surface area (Å²) in [5.74, 6) is -0.355. The van der Waals surface area contributed by atoms with Gasteiger partial charge in [0.25, 0.3) is 0 Å². The van der Waals surface area contributed by atoms with Gasteiger partial charge in [0.15, 0.2) is 0 Å². The maximum Gasteiger partial charge on any atom is 0.332 e. The number of allylic oxidation sites excluding steroid dienone is 1. The standard InChI is InChI=1S/C7H14N2O2/c1-6(9-4-3-8)5-7(10)11-2/h5,9H,3-4,8H2,1-2H3/b6-5+. The summed E-state index contributed by atoms with van der Waals surface area (Å²) < 4.78 is 4.41. The molecule has 0 aromatic rings. The van der Waals surface area contributed by atoms with Gasteiger partial charge in [-0.15, -0.1) is 0 Å². The zero-order valence-corrected chi connectivity index (χ0v) is 6.89. The number of rotatable bonds is 4. The Morgan fingerprint density at radius 1 is 1.73 bits per heavy atom. The Bertz CT molecular complexity index is 155. The van der Waals surface area contributed by atoms with Crippen LogP contribution in [0.1, 0.15) is 6.92 Å². The topological polar surface area (TPSA) is 64.3 Å². The van der Waals surface area contributed by atoms with Gasteiger partial charge in [-0.3, -0.25) is 0 Å². The summed E-state index contributed by atoms with van der Waals surface area (Å²) in [6.45, 7) is 3.00. The lowest BCUT2D eigenvalue weighted by atomic mass is 10.4. The number of nitrogens with two attached hydrogens (primary N) is 1. The molecule has 0 aliphatic heterocycles. The summed E-state index contributed by atoms with van der Waals surface area (Å²) in [5, 5.41) is 2.93. The molecule has 0 bridgehead atoms. The van der Waals surface area contributed by atoms with Gasteiger partial charge in [-0.2, -0.15) is 0 Å². The number of hydrogen-bond donors (Lipinski definition) is 2. The van der Waals surface area contributed by atoms with Crippen LogP contribution < -0.4 is 11.1 Å². The minimum absolute atomic E-state index is 0.355. The van der Waals surface area contributed by atoms with Gasteiger partial charge < -0.3 is 15.8 Å². The molecule has 0 unspecified atom stereocenters. The lowest BCUT2D eigenvalue weighted by molar-refractivity contribution is -0.134. The van der Waals surface area contributed by atoms with E-state index in [2.05, 4.69) is 10.1 Å². The van der Waals surface area contributed by atoms with Gasteiger partial charge in [0.1, 0.15) is 0 Å². The van der Waals surface area contributed by atoms with Crippen LogP contribution in [0.25, 0.3) is 0 Å². The molecule has 0 saturated carbocycles. The molecule has 0 atom stereocenters. The third kappa shape index (κ3) is 5.42. The number of hydrogen-bond acceptors (Lipinski definition) is 4. The second-order valence-electron chi connectivity index (χ2n) is 2.07. The zero-order valence-electron chi connectivity index (χ0n) is 6.89. The summed E-state index contributed by atoms with van der Waals surface area (Å²) in [4.78, 5) is 10.6. The Morgan fingerprint density at radius 3 is 2.82 bits per heavy atom. The Kier molecular flexibility index (Phi) is 5.20. The molecule has 0 aromatic carbocycles. The minimum atomic E-state index is -0.355. The number of esters is 1. The van der Waals surface area contributed by atoms with Gasteiger partial charge in [-0.1, -0.05) is 0 Å². The van der Waals surface area contributed by atoms with E-state index in [0.717, 1.165) is 5.70 Å². The highest BCUT2D eigenvalue weighted by molar-refractivity contribution is 5.82. The number of carbonyl (C=O) groups is 1. The van der Waals surface area contributed by atoms with Crippen molar-refractivity contribution in [2.45, 2.75) is 6.92 Å². The molecule has 3 N–H and O–H groups in total. The fourth-order valence-corrected chi connectivity index (χ4v) is 0.556. The predicted octanol–water partition coefficient (Wildman–Crippen LogP) is -0.388. The second kappa shape index (κ2) is 5.73. The summed E-state index contributed by atoms with van der Waals surface area (Å²) in [5.41, 5.74) is 6.00. The average molecular weight is 158 g/mol. The first-order valence-electron chi connectivity index (χ1n) is 3.41. The highest BCUT2D eigenvalue weighted by Crippen LogP contribution is 1.86. The molecule has 4 nitrogen and oxygen atoms in total. The van der Waals surface area contributed by atoms with E-state index in [1.807, 2.05) is 0 Å². The number of nitrogens with one attached hydrogen (secondary N) is 1. The fraction of sp³-hybridized carbons (Fsp3) is 0.571. The van der Waals surface area contributed by atoms with E-state index in [0.29, 0.717) is 13.1 Å². The molecule has 0 rings (SSSR count). The van der Waals surface area contributed by atoms with Crippen molar-refractivity contribution in [1.29, 1.82) is 0 Å². The maximum atomic E-state index is 10.6. The van der Waals surface area contributed by atoms with E-state index in [9.17, 15) is 4.79 Å². The molecule has 0 amide bonds. The zero-order chi connectivity index (χ0) is 8.69. The Labute approximate surface area is 66.4 Å². The number of carbonyl (C=O) groups excluding carboxylic acids is 1. The molecule has 4 heteroatoms. The van der Waals surface area contributed by atoms with Crippen molar-refractivity contribution in [2.75, 3.05) is 20.2 Å². The largest absolute Gasteiger partial charge is 0.466 e. The van der Waals surface area contributed by atoms with Crippen molar-refractivity contribution in [1.82, 2.24) is 5.32 Å². The maximum absolute atomic E-state index is 10.6. The molecule has 0 fully saturated rings. The summed E-state index contributed by atoms with van der Waals surface area (Å²) in [7, 11) is 1.34. The van der Waals surface area contributed by atoms with Crippen molar-refractivity contribution < 1.29 is 9.53 Å². The van der Waals surface area contributed by atoms with Gasteiger partial charge in [0.2, 0.25) is 0 Å². The van der Waals surface area contributed by atoms with Crippen molar-refractivity contribution >= 4 is 5.97 Å². The summed E-state index contributed by atoms with van der Waals surface area (Å²) in [6.07, 6.45) is 1.38. The van der Waals surface area contributed by atoms with Crippen LogP contribution in [0, 0.1) is 0 Å². The molecule has 64 valence electrons. The van der Waals surface area contributed by atoms with Crippen molar-refractivity contribution in [3.63, 3.8) is 0 Å².